The molecule has 0 aliphatic carbocycles. The Balaban J connectivity index is 2.11. The van der Waals surface area contributed by atoms with Gasteiger partial charge in [0.2, 0.25) is 5.91 Å². The number of hydrogen-bond donors (Lipinski definition) is 2. The van der Waals surface area contributed by atoms with E-state index in [4.69, 9.17) is 5.73 Å². The van der Waals surface area contributed by atoms with Crippen LogP contribution in [-0.4, -0.2) is 49.0 Å². The van der Waals surface area contributed by atoms with Crippen molar-refractivity contribution in [2.75, 3.05) is 32.1 Å². The van der Waals surface area contributed by atoms with Crippen molar-refractivity contribution in [3.05, 3.63) is 35.9 Å². The van der Waals surface area contributed by atoms with Crippen molar-refractivity contribution in [1.82, 2.24) is 10.2 Å². The predicted molar refractivity (Wildman–Crippen MR) is 91.4 cm³/mol. The van der Waals surface area contributed by atoms with Crippen LogP contribution < -0.4 is 11.1 Å². The summed E-state index contributed by atoms with van der Waals surface area (Å²) in [6.45, 7) is 2.57. The molecule has 0 unspecified atom stereocenters. The minimum atomic E-state index is -0.375. The number of carbonyl (C=O) groups is 1. The molecule has 0 spiro atoms. The molecule has 21 heavy (non-hydrogen) atoms. The SMILES string of the molecule is CSCC[C@H](N)C(=O)NCCCN(C)Cc1ccccc1. The molecule has 5 heteroatoms. The van der Waals surface area contributed by atoms with Crippen molar-refractivity contribution < 1.29 is 4.79 Å². The molecule has 0 saturated carbocycles. The van der Waals surface area contributed by atoms with Gasteiger partial charge in [-0.25, -0.2) is 0 Å². The number of amides is 1. The highest BCUT2D eigenvalue weighted by Crippen LogP contribution is 2.03. The third-order valence-electron chi connectivity index (χ3n) is 3.28. The highest BCUT2D eigenvalue weighted by Gasteiger charge is 2.11. The molecule has 0 saturated heterocycles. The van der Waals surface area contributed by atoms with E-state index < -0.39 is 0 Å². The summed E-state index contributed by atoms with van der Waals surface area (Å²) in [5.74, 6) is 0.892. The summed E-state index contributed by atoms with van der Waals surface area (Å²) in [4.78, 5) is 14.0. The van der Waals surface area contributed by atoms with Crippen molar-refractivity contribution in [3.8, 4) is 0 Å². The maximum atomic E-state index is 11.7. The molecule has 0 heterocycles. The van der Waals surface area contributed by atoms with Gasteiger partial charge < -0.3 is 16.0 Å². The number of nitrogens with one attached hydrogen (secondary N) is 1. The lowest BCUT2D eigenvalue weighted by atomic mass is 10.2. The fourth-order valence-corrected chi connectivity index (χ4v) is 2.53. The molecule has 1 amide bonds. The minimum Gasteiger partial charge on any atom is -0.355 e. The van der Waals surface area contributed by atoms with Crippen LogP contribution in [0.15, 0.2) is 30.3 Å². The normalized spacial score (nSPS) is 12.4. The van der Waals surface area contributed by atoms with Gasteiger partial charge in [-0.15, -0.1) is 0 Å². The Hall–Kier alpha value is -1.04. The van der Waals surface area contributed by atoms with E-state index in [-0.39, 0.29) is 11.9 Å². The van der Waals surface area contributed by atoms with E-state index in [0.29, 0.717) is 6.54 Å². The third kappa shape index (κ3) is 8.09. The van der Waals surface area contributed by atoms with Crippen LogP contribution in [0.25, 0.3) is 0 Å². The maximum absolute atomic E-state index is 11.7. The van der Waals surface area contributed by atoms with Gasteiger partial charge in [0.05, 0.1) is 6.04 Å². The number of thioether (sulfide) groups is 1. The number of nitrogens with zero attached hydrogens (tertiary/aromatic N) is 1. The minimum absolute atomic E-state index is 0.0326. The van der Waals surface area contributed by atoms with E-state index in [0.717, 1.165) is 31.7 Å². The second kappa shape index (κ2) is 10.7. The molecule has 0 aromatic heterocycles. The number of nitrogens with two attached hydrogens (primary N) is 1. The zero-order valence-corrected chi connectivity index (χ0v) is 13.9. The van der Waals surface area contributed by atoms with Crippen LogP contribution in [0.1, 0.15) is 18.4 Å². The monoisotopic (exact) mass is 309 g/mol. The fraction of sp³-hybridized carbons (Fsp3) is 0.562. The fourth-order valence-electron chi connectivity index (χ4n) is 2.04. The zero-order chi connectivity index (χ0) is 15.5. The summed E-state index contributed by atoms with van der Waals surface area (Å²) in [5, 5.41) is 2.91. The third-order valence-corrected chi connectivity index (χ3v) is 3.92. The summed E-state index contributed by atoms with van der Waals surface area (Å²) < 4.78 is 0. The van der Waals surface area contributed by atoms with Crippen LogP contribution in [0, 0.1) is 0 Å². The molecular weight excluding hydrogens is 282 g/mol. The summed E-state index contributed by atoms with van der Waals surface area (Å²) in [7, 11) is 2.10. The largest absolute Gasteiger partial charge is 0.355 e. The van der Waals surface area contributed by atoms with E-state index in [1.807, 2.05) is 12.3 Å². The molecule has 1 rings (SSSR count). The molecule has 0 aliphatic rings. The van der Waals surface area contributed by atoms with E-state index in [1.54, 1.807) is 11.8 Å². The highest BCUT2D eigenvalue weighted by atomic mass is 32.2. The molecule has 0 radical (unpaired) electrons. The van der Waals surface area contributed by atoms with Gasteiger partial charge >= 0.3 is 0 Å². The first kappa shape index (κ1) is 18.0. The van der Waals surface area contributed by atoms with Gasteiger partial charge in [-0.05, 0) is 44.0 Å². The van der Waals surface area contributed by atoms with Crippen LogP contribution in [0.3, 0.4) is 0 Å². The van der Waals surface area contributed by atoms with Crippen molar-refractivity contribution in [2.24, 2.45) is 5.73 Å². The summed E-state index contributed by atoms with van der Waals surface area (Å²) >= 11 is 1.71. The van der Waals surface area contributed by atoms with Gasteiger partial charge in [-0.3, -0.25) is 4.79 Å². The van der Waals surface area contributed by atoms with E-state index in [2.05, 4.69) is 41.5 Å². The standard InChI is InChI=1S/C16H27N3OS/c1-19(13-14-7-4-3-5-8-14)11-6-10-18-16(20)15(17)9-12-21-2/h3-5,7-8,15H,6,9-13,17H2,1-2H3,(H,18,20)/t15-/m0/s1. The molecule has 0 aliphatic heterocycles. The molecule has 1 aromatic carbocycles. The first-order valence-electron chi connectivity index (χ1n) is 7.38. The van der Waals surface area contributed by atoms with E-state index in [1.165, 1.54) is 5.56 Å². The lowest BCUT2D eigenvalue weighted by Crippen LogP contribution is -2.41. The van der Waals surface area contributed by atoms with E-state index >= 15 is 0 Å². The second-order valence-electron chi connectivity index (χ2n) is 5.26. The predicted octanol–water partition coefficient (Wildman–Crippen LogP) is 1.71. The van der Waals surface area contributed by atoms with Crippen LogP contribution >= 0.6 is 11.8 Å². The lowest BCUT2D eigenvalue weighted by molar-refractivity contribution is -0.122. The number of benzene rings is 1. The van der Waals surface area contributed by atoms with E-state index in [9.17, 15) is 4.79 Å². The quantitative estimate of drug-likeness (QED) is 0.646. The average molecular weight is 309 g/mol. The van der Waals surface area contributed by atoms with Crippen molar-refractivity contribution >= 4 is 17.7 Å². The van der Waals surface area contributed by atoms with Gasteiger partial charge in [0.1, 0.15) is 0 Å². The Bertz CT molecular complexity index is 400. The Morgan fingerprint density at radius 3 is 2.76 bits per heavy atom. The van der Waals surface area contributed by atoms with Crippen LogP contribution in [0.2, 0.25) is 0 Å². The Morgan fingerprint density at radius 2 is 2.10 bits per heavy atom. The molecule has 1 atom stereocenters. The topological polar surface area (TPSA) is 58.4 Å². The lowest BCUT2D eigenvalue weighted by Gasteiger charge is -2.17. The highest BCUT2D eigenvalue weighted by molar-refractivity contribution is 7.98. The summed E-state index contributed by atoms with van der Waals surface area (Å²) in [5.41, 5.74) is 7.12. The molecule has 1 aromatic rings. The molecule has 4 nitrogen and oxygen atoms in total. The van der Waals surface area contributed by atoms with Crippen LogP contribution in [0.5, 0.6) is 0 Å². The molecule has 3 N–H and O–H groups in total. The summed E-state index contributed by atoms with van der Waals surface area (Å²) in [6.07, 6.45) is 3.69. The number of hydrogen-bond acceptors (Lipinski definition) is 4. The van der Waals surface area contributed by atoms with Crippen molar-refractivity contribution in [3.63, 3.8) is 0 Å². The van der Waals surface area contributed by atoms with Gasteiger partial charge in [-0.1, -0.05) is 30.3 Å². The first-order valence-corrected chi connectivity index (χ1v) is 8.77. The molecule has 118 valence electrons. The number of rotatable bonds is 10. The second-order valence-corrected chi connectivity index (χ2v) is 6.24. The van der Waals surface area contributed by atoms with Gasteiger partial charge in [0, 0.05) is 13.1 Å². The maximum Gasteiger partial charge on any atom is 0.236 e. The number of carbonyl (C=O) groups excluding carboxylic acids is 1. The van der Waals surface area contributed by atoms with Gasteiger partial charge in [0.15, 0.2) is 0 Å². The molecular formula is C16H27N3OS. The van der Waals surface area contributed by atoms with Crippen molar-refractivity contribution in [2.45, 2.75) is 25.4 Å². The van der Waals surface area contributed by atoms with Gasteiger partial charge in [-0.2, -0.15) is 11.8 Å². The Kier molecular flexibility index (Phi) is 9.14. The van der Waals surface area contributed by atoms with Gasteiger partial charge in [0.25, 0.3) is 0 Å². The average Bonchev–Trinajstić information content (AvgIpc) is 2.49. The molecule has 0 bridgehead atoms. The first-order chi connectivity index (χ1) is 10.1. The van der Waals surface area contributed by atoms with Crippen molar-refractivity contribution in [1.29, 1.82) is 0 Å². The van der Waals surface area contributed by atoms with Crippen LogP contribution in [0.4, 0.5) is 0 Å². The molecule has 0 fully saturated rings. The van der Waals surface area contributed by atoms with Crippen LogP contribution in [-0.2, 0) is 11.3 Å². The Morgan fingerprint density at radius 1 is 1.38 bits per heavy atom. The summed E-state index contributed by atoms with van der Waals surface area (Å²) in [6, 6.07) is 10.0. The Labute approximate surface area is 132 Å². The zero-order valence-electron chi connectivity index (χ0n) is 13.0. The smallest absolute Gasteiger partial charge is 0.236 e.